The summed E-state index contributed by atoms with van der Waals surface area (Å²) in [6.07, 6.45) is -0.500. The van der Waals surface area contributed by atoms with Gasteiger partial charge in [0.2, 0.25) is 0 Å². The normalized spacial score (nSPS) is 9.10. The predicted octanol–water partition coefficient (Wildman–Crippen LogP) is 1.93. The van der Waals surface area contributed by atoms with Gasteiger partial charge in [-0.3, -0.25) is 8.22 Å². The zero-order valence-electron chi connectivity index (χ0n) is 13.7. The van der Waals surface area contributed by atoms with Gasteiger partial charge >= 0.3 is 9.46 Å². The van der Waals surface area contributed by atoms with Crippen molar-refractivity contribution in [2.75, 3.05) is 0 Å². The van der Waals surface area contributed by atoms with Crippen LogP contribution in [0.25, 0.3) is 0 Å². The van der Waals surface area contributed by atoms with E-state index in [9.17, 15) is 8.22 Å². The van der Waals surface area contributed by atoms with Crippen molar-refractivity contribution < 1.29 is 49.7 Å². The van der Waals surface area contributed by atoms with Crippen LogP contribution in [0.15, 0.2) is 24.3 Å². The predicted molar refractivity (Wildman–Crippen MR) is 83.1 cm³/mol. The van der Waals surface area contributed by atoms with Gasteiger partial charge in [0, 0.05) is 44.5 Å². The SMILES string of the molecule is CC(C)O.CC(C)O.CC(C)O.F[SiH](F)[c-]1cccc1.[Zr]. The number of aliphatic hydroxyl groups is 3. The Kier molecular flexibility index (Phi) is 28.1. The molecule has 0 spiro atoms. The molecule has 21 heavy (non-hydrogen) atoms. The molecule has 0 atom stereocenters. The Hall–Kier alpha value is 0.190. The van der Waals surface area contributed by atoms with Crippen molar-refractivity contribution in [3.63, 3.8) is 0 Å². The molecule has 0 saturated carbocycles. The van der Waals surface area contributed by atoms with Crippen molar-refractivity contribution in [3.05, 3.63) is 24.3 Å². The van der Waals surface area contributed by atoms with Crippen LogP contribution in [0.4, 0.5) is 8.22 Å². The Morgan fingerprint density at radius 1 is 0.762 bits per heavy atom. The number of hydrogen-bond donors (Lipinski definition) is 3. The Bertz CT molecular complexity index is 247. The van der Waals surface area contributed by atoms with E-state index < -0.39 is 9.46 Å². The molecule has 0 aliphatic carbocycles. The fourth-order valence-corrected chi connectivity index (χ4v) is 1.05. The van der Waals surface area contributed by atoms with Gasteiger partial charge in [0.25, 0.3) is 0 Å². The van der Waals surface area contributed by atoms with E-state index >= 15 is 0 Å². The molecule has 0 radical (unpaired) electrons. The molecule has 0 aromatic heterocycles. The first kappa shape index (κ1) is 29.2. The maximum atomic E-state index is 11.7. The van der Waals surface area contributed by atoms with Crippen LogP contribution < -0.4 is 5.19 Å². The van der Waals surface area contributed by atoms with Crippen molar-refractivity contribution in [2.24, 2.45) is 0 Å². The van der Waals surface area contributed by atoms with Gasteiger partial charge in [-0.25, -0.2) is 12.1 Å². The minimum atomic E-state index is -3.48. The third kappa shape index (κ3) is 53.4. The minimum Gasteiger partial charge on any atom is -0.394 e. The number of aliphatic hydroxyl groups excluding tert-OH is 3. The molecule has 0 fully saturated rings. The van der Waals surface area contributed by atoms with Crippen LogP contribution in [0, 0.1) is 0 Å². The van der Waals surface area contributed by atoms with Crippen molar-refractivity contribution in [3.8, 4) is 0 Å². The second-order valence-corrected chi connectivity index (χ2v) is 6.07. The second kappa shape index (κ2) is 20.2. The summed E-state index contributed by atoms with van der Waals surface area (Å²) >= 11 is 0. The Labute approximate surface area is 148 Å². The fraction of sp³-hybridized carbons (Fsp3) is 0.643. The Morgan fingerprint density at radius 3 is 1.05 bits per heavy atom. The zero-order valence-corrected chi connectivity index (χ0v) is 17.3. The molecule has 3 nitrogen and oxygen atoms in total. The van der Waals surface area contributed by atoms with Gasteiger partial charge in [-0.15, -0.1) is 5.19 Å². The summed E-state index contributed by atoms with van der Waals surface area (Å²) in [5.74, 6) is 0. The van der Waals surface area contributed by atoms with Crippen molar-refractivity contribution in [1.29, 1.82) is 0 Å². The third-order valence-corrected chi connectivity index (χ3v) is 1.83. The van der Waals surface area contributed by atoms with Crippen LogP contribution in [0.3, 0.4) is 0 Å². The van der Waals surface area contributed by atoms with E-state index in [2.05, 4.69) is 0 Å². The minimum absolute atomic E-state index is 0. The van der Waals surface area contributed by atoms with Gasteiger partial charge in [-0.05, 0) is 41.5 Å². The largest absolute Gasteiger partial charge is 0.394 e. The summed E-state index contributed by atoms with van der Waals surface area (Å²) in [6.45, 7) is 10.3. The van der Waals surface area contributed by atoms with E-state index in [4.69, 9.17) is 15.3 Å². The molecule has 1 rings (SSSR count). The van der Waals surface area contributed by atoms with Gasteiger partial charge in [-0.2, -0.15) is 12.1 Å². The second-order valence-electron chi connectivity index (χ2n) is 4.80. The zero-order chi connectivity index (χ0) is 16.7. The molecule has 3 N–H and O–H groups in total. The summed E-state index contributed by atoms with van der Waals surface area (Å²) in [5.41, 5.74) is 0. The molecule has 1 aromatic rings. The number of hydrogen-bond acceptors (Lipinski definition) is 3. The van der Waals surface area contributed by atoms with Crippen LogP contribution in [0.5, 0.6) is 0 Å². The summed E-state index contributed by atoms with van der Waals surface area (Å²) in [6, 6.07) is 6.21. The van der Waals surface area contributed by atoms with Gasteiger partial charge in [0.1, 0.15) is 0 Å². The van der Waals surface area contributed by atoms with Crippen LogP contribution in [0.2, 0.25) is 0 Å². The smallest absolute Gasteiger partial charge is 0.387 e. The van der Waals surface area contributed by atoms with Crippen LogP contribution in [-0.4, -0.2) is 43.1 Å². The topological polar surface area (TPSA) is 60.7 Å². The molecule has 0 saturated heterocycles. The quantitative estimate of drug-likeness (QED) is 0.382. The maximum Gasteiger partial charge on any atom is 0.387 e. The Balaban J connectivity index is -0.0000000973. The van der Waals surface area contributed by atoms with E-state index in [1.807, 2.05) is 0 Å². The molecule has 0 aliphatic rings. The first-order valence-electron chi connectivity index (χ1n) is 6.54. The van der Waals surface area contributed by atoms with Crippen LogP contribution in [0.1, 0.15) is 41.5 Å². The third-order valence-electron chi connectivity index (χ3n) is 0.940. The van der Waals surface area contributed by atoms with Crippen LogP contribution >= 0.6 is 0 Å². The number of rotatable bonds is 1. The fourth-order valence-electron chi connectivity index (χ4n) is 0.534. The van der Waals surface area contributed by atoms with E-state index in [1.54, 1.807) is 53.7 Å². The Morgan fingerprint density at radius 2 is 0.952 bits per heavy atom. The molecule has 1 aromatic carbocycles. The number of halogens is 2. The average Bonchev–Trinajstić information content (AvgIpc) is 2.66. The van der Waals surface area contributed by atoms with Crippen molar-refractivity contribution >= 4 is 14.7 Å². The molecule has 0 bridgehead atoms. The van der Waals surface area contributed by atoms with Gasteiger partial charge in [0.15, 0.2) is 0 Å². The molecule has 7 heteroatoms. The van der Waals surface area contributed by atoms with Gasteiger partial charge in [0.05, 0.1) is 0 Å². The molecule has 0 aliphatic heterocycles. The average molecular weight is 403 g/mol. The van der Waals surface area contributed by atoms with E-state index in [0.717, 1.165) is 0 Å². The standard InChI is InChI=1S/C5H5F2Si.3C3H8O.Zr/c6-8(7)5-3-1-2-4-5;3*1-3(2)4;/h1-4,8H;3*3-4H,1-2H3;/q-1;;;;. The molecule has 0 heterocycles. The first-order valence-corrected chi connectivity index (χ1v) is 7.99. The molecular weight excluding hydrogens is 373 g/mol. The molecule has 0 unspecified atom stereocenters. The van der Waals surface area contributed by atoms with E-state index in [1.165, 1.54) is 12.1 Å². The monoisotopic (exact) mass is 401 g/mol. The summed E-state index contributed by atoms with van der Waals surface area (Å²) in [4.78, 5) is 0. The van der Waals surface area contributed by atoms with Crippen LogP contribution in [-0.2, 0) is 26.2 Å². The van der Waals surface area contributed by atoms with Gasteiger partial charge in [-0.1, -0.05) is 0 Å². The first-order chi connectivity index (χ1) is 9.00. The van der Waals surface area contributed by atoms with Gasteiger partial charge < -0.3 is 15.3 Å². The molecular formula is C14H29F2O3SiZr-. The van der Waals surface area contributed by atoms with E-state index in [0.29, 0.717) is 0 Å². The summed E-state index contributed by atoms with van der Waals surface area (Å²) in [7, 11) is -3.48. The van der Waals surface area contributed by atoms with Crippen molar-refractivity contribution in [2.45, 2.75) is 59.9 Å². The molecule has 126 valence electrons. The molecule has 0 amide bonds. The summed E-state index contributed by atoms with van der Waals surface area (Å²) < 4.78 is 23.5. The van der Waals surface area contributed by atoms with Crippen molar-refractivity contribution in [1.82, 2.24) is 0 Å². The maximum absolute atomic E-state index is 11.7. The van der Waals surface area contributed by atoms with E-state index in [-0.39, 0.29) is 49.7 Å². The summed E-state index contributed by atoms with van der Waals surface area (Å²) in [5, 5.41) is 24.4.